The fourth-order valence-electron chi connectivity index (χ4n) is 1.83. The third-order valence-electron chi connectivity index (χ3n) is 3.01. The predicted octanol–water partition coefficient (Wildman–Crippen LogP) is 0.324. The number of carbonyl (C=O) groups is 2. The zero-order valence-electron chi connectivity index (χ0n) is 13.3. The Morgan fingerprint density at radius 2 is 1.96 bits per heavy atom. The number of hydrogen-bond acceptors (Lipinski definition) is 5. The topological polar surface area (TPSA) is 113 Å². The van der Waals surface area contributed by atoms with Crippen LogP contribution in [0.25, 0.3) is 0 Å². The van der Waals surface area contributed by atoms with Crippen molar-refractivity contribution in [1.29, 1.82) is 0 Å². The Kier molecular flexibility index (Phi) is 7.56. The molecular weight excluding hydrogens is 336 g/mol. The van der Waals surface area contributed by atoms with E-state index in [4.69, 9.17) is 9.84 Å². The summed E-state index contributed by atoms with van der Waals surface area (Å²) in [6.07, 6.45) is 1.41. The predicted molar refractivity (Wildman–Crippen MR) is 87.2 cm³/mol. The highest BCUT2D eigenvalue weighted by Gasteiger charge is 2.19. The molecule has 8 nitrogen and oxygen atoms in total. The molecule has 0 aliphatic heterocycles. The van der Waals surface area contributed by atoms with Gasteiger partial charge in [0.05, 0.1) is 11.5 Å². The Hall–Kier alpha value is -2.23. The highest BCUT2D eigenvalue weighted by molar-refractivity contribution is 7.89. The zero-order valence-corrected chi connectivity index (χ0v) is 14.1. The molecule has 1 rings (SSSR count). The largest absolute Gasteiger partial charge is 0.480 e. The summed E-state index contributed by atoms with van der Waals surface area (Å²) in [5.41, 5.74) is 0.190. The Bertz CT molecular complexity index is 684. The lowest BCUT2D eigenvalue weighted by Crippen LogP contribution is -2.38. The first kappa shape index (κ1) is 19.8. The number of nitrogens with zero attached hydrogens (tertiary/aromatic N) is 1. The molecule has 0 aromatic heterocycles. The van der Waals surface area contributed by atoms with Gasteiger partial charge in [-0.15, -0.1) is 6.58 Å². The van der Waals surface area contributed by atoms with Crippen molar-refractivity contribution in [2.75, 3.05) is 33.4 Å². The average molecular weight is 356 g/mol. The Labute approximate surface area is 140 Å². The van der Waals surface area contributed by atoms with E-state index in [1.165, 1.54) is 37.5 Å². The van der Waals surface area contributed by atoms with Crippen LogP contribution in [-0.4, -0.2) is 63.7 Å². The number of aliphatic carboxylic acids is 1. The minimum Gasteiger partial charge on any atom is -0.480 e. The molecule has 0 unspecified atom stereocenters. The standard InChI is InChI=1S/C15H20N2O6S/c1-3-8-16-24(21,22)13-6-4-12(5-7-13)15(20)17(9-10-23-2)11-14(18)19/h3-7,16H,1,8-11H2,2H3,(H,18,19). The molecule has 132 valence electrons. The summed E-state index contributed by atoms with van der Waals surface area (Å²) >= 11 is 0. The van der Waals surface area contributed by atoms with Gasteiger partial charge >= 0.3 is 5.97 Å². The Morgan fingerprint density at radius 3 is 2.46 bits per heavy atom. The van der Waals surface area contributed by atoms with Crippen LogP contribution in [0.4, 0.5) is 0 Å². The normalized spacial score (nSPS) is 11.0. The summed E-state index contributed by atoms with van der Waals surface area (Å²) in [7, 11) is -2.23. The van der Waals surface area contributed by atoms with Crippen molar-refractivity contribution in [1.82, 2.24) is 9.62 Å². The quantitative estimate of drug-likeness (QED) is 0.584. The maximum Gasteiger partial charge on any atom is 0.323 e. The SMILES string of the molecule is C=CCNS(=O)(=O)c1ccc(C(=O)N(CCOC)CC(=O)O)cc1. The molecule has 0 saturated carbocycles. The number of nitrogens with one attached hydrogen (secondary N) is 1. The van der Waals surface area contributed by atoms with Crippen LogP contribution in [0.1, 0.15) is 10.4 Å². The fourth-order valence-corrected chi connectivity index (χ4v) is 2.83. The van der Waals surface area contributed by atoms with Crippen molar-refractivity contribution in [2.24, 2.45) is 0 Å². The summed E-state index contributed by atoms with van der Waals surface area (Å²) in [5.74, 6) is -1.66. The van der Waals surface area contributed by atoms with E-state index in [9.17, 15) is 18.0 Å². The molecule has 2 N–H and O–H groups in total. The van der Waals surface area contributed by atoms with E-state index in [1.807, 2.05) is 0 Å². The van der Waals surface area contributed by atoms with Gasteiger partial charge in [-0.3, -0.25) is 9.59 Å². The van der Waals surface area contributed by atoms with Gasteiger partial charge in [-0.2, -0.15) is 0 Å². The molecular formula is C15H20N2O6S. The van der Waals surface area contributed by atoms with Crippen LogP contribution in [0.5, 0.6) is 0 Å². The summed E-state index contributed by atoms with van der Waals surface area (Å²) in [4.78, 5) is 24.3. The smallest absolute Gasteiger partial charge is 0.323 e. The van der Waals surface area contributed by atoms with Crippen molar-refractivity contribution in [3.63, 3.8) is 0 Å². The number of hydrogen-bond donors (Lipinski definition) is 2. The number of benzene rings is 1. The highest BCUT2D eigenvalue weighted by Crippen LogP contribution is 2.12. The van der Waals surface area contributed by atoms with Crippen LogP contribution in [0.3, 0.4) is 0 Å². The van der Waals surface area contributed by atoms with Gasteiger partial charge in [0.25, 0.3) is 5.91 Å². The molecule has 1 aromatic carbocycles. The van der Waals surface area contributed by atoms with Gasteiger partial charge < -0.3 is 14.7 Å². The van der Waals surface area contributed by atoms with Gasteiger partial charge in [0, 0.05) is 25.8 Å². The number of rotatable bonds is 10. The van der Waals surface area contributed by atoms with Gasteiger partial charge in [-0.1, -0.05) is 6.08 Å². The Balaban J connectivity index is 2.94. The number of amides is 1. The molecule has 24 heavy (non-hydrogen) atoms. The van der Waals surface area contributed by atoms with Crippen molar-refractivity contribution >= 4 is 21.9 Å². The van der Waals surface area contributed by atoms with E-state index in [0.29, 0.717) is 0 Å². The monoisotopic (exact) mass is 356 g/mol. The molecule has 0 fully saturated rings. The summed E-state index contributed by atoms with van der Waals surface area (Å²) < 4.78 is 31.1. The van der Waals surface area contributed by atoms with Crippen molar-refractivity contribution < 1.29 is 27.9 Å². The fraction of sp³-hybridized carbons (Fsp3) is 0.333. The first-order valence-corrected chi connectivity index (χ1v) is 8.50. The van der Waals surface area contributed by atoms with Crippen LogP contribution in [0.15, 0.2) is 41.8 Å². The van der Waals surface area contributed by atoms with Gasteiger partial charge in [0.15, 0.2) is 0 Å². The van der Waals surface area contributed by atoms with E-state index in [1.54, 1.807) is 0 Å². The molecule has 0 bridgehead atoms. The molecule has 0 aliphatic rings. The lowest BCUT2D eigenvalue weighted by atomic mass is 10.2. The van der Waals surface area contributed by atoms with E-state index in [0.717, 1.165) is 4.90 Å². The van der Waals surface area contributed by atoms with Gasteiger partial charge in [-0.05, 0) is 24.3 Å². The molecule has 0 radical (unpaired) electrons. The average Bonchev–Trinajstić information content (AvgIpc) is 2.56. The Morgan fingerprint density at radius 1 is 1.33 bits per heavy atom. The first-order chi connectivity index (χ1) is 11.3. The molecule has 1 amide bonds. The summed E-state index contributed by atoms with van der Waals surface area (Å²) in [6.45, 7) is 3.35. The van der Waals surface area contributed by atoms with Crippen LogP contribution < -0.4 is 4.72 Å². The summed E-state index contributed by atoms with van der Waals surface area (Å²) in [6, 6.07) is 5.25. The van der Waals surface area contributed by atoms with Crippen LogP contribution in [-0.2, 0) is 19.6 Å². The maximum atomic E-state index is 12.3. The van der Waals surface area contributed by atoms with Crippen molar-refractivity contribution in [2.45, 2.75) is 4.90 Å². The minimum atomic E-state index is -3.68. The van der Waals surface area contributed by atoms with Crippen molar-refractivity contribution in [3.8, 4) is 0 Å². The highest BCUT2D eigenvalue weighted by atomic mass is 32.2. The summed E-state index contributed by atoms with van der Waals surface area (Å²) in [5, 5.41) is 8.88. The number of ether oxygens (including phenoxy) is 1. The van der Waals surface area contributed by atoms with Crippen LogP contribution in [0, 0.1) is 0 Å². The van der Waals surface area contributed by atoms with Gasteiger partial charge in [-0.25, -0.2) is 13.1 Å². The van der Waals surface area contributed by atoms with E-state index >= 15 is 0 Å². The lowest BCUT2D eigenvalue weighted by molar-refractivity contribution is -0.137. The second kappa shape index (κ2) is 9.16. The third kappa shape index (κ3) is 5.76. The minimum absolute atomic E-state index is 0.00239. The zero-order chi connectivity index (χ0) is 18.2. The second-order valence-corrected chi connectivity index (χ2v) is 6.55. The molecule has 0 heterocycles. The van der Waals surface area contributed by atoms with E-state index in [-0.39, 0.29) is 30.2 Å². The van der Waals surface area contributed by atoms with E-state index in [2.05, 4.69) is 11.3 Å². The number of carboxylic acids is 1. The second-order valence-electron chi connectivity index (χ2n) is 4.78. The van der Waals surface area contributed by atoms with E-state index < -0.39 is 28.4 Å². The molecule has 0 aliphatic carbocycles. The number of methoxy groups -OCH3 is 1. The molecule has 0 atom stereocenters. The van der Waals surface area contributed by atoms with Crippen LogP contribution >= 0.6 is 0 Å². The third-order valence-corrected chi connectivity index (χ3v) is 4.45. The van der Waals surface area contributed by atoms with Gasteiger partial charge in [0.2, 0.25) is 10.0 Å². The number of sulfonamides is 1. The van der Waals surface area contributed by atoms with Crippen molar-refractivity contribution in [3.05, 3.63) is 42.5 Å². The van der Waals surface area contributed by atoms with Gasteiger partial charge in [0.1, 0.15) is 6.54 Å². The molecule has 9 heteroatoms. The van der Waals surface area contributed by atoms with Crippen LogP contribution in [0.2, 0.25) is 0 Å². The molecule has 1 aromatic rings. The maximum absolute atomic E-state index is 12.3. The first-order valence-electron chi connectivity index (χ1n) is 7.02. The number of carboxylic acid groups (broad SMARTS) is 1. The lowest BCUT2D eigenvalue weighted by Gasteiger charge is -2.20. The molecule has 0 saturated heterocycles. The number of carbonyl (C=O) groups excluding carboxylic acids is 1. The molecule has 0 spiro atoms.